The van der Waals surface area contributed by atoms with Gasteiger partial charge in [0.05, 0.1) is 16.9 Å². The number of hydrogen-bond acceptors (Lipinski definition) is 7. The lowest BCUT2D eigenvalue weighted by molar-refractivity contribution is -0.384. The van der Waals surface area contributed by atoms with Crippen LogP contribution < -0.4 is 5.43 Å². The third-order valence-corrected chi connectivity index (χ3v) is 4.99. The number of nitrogens with one attached hydrogen (secondary N) is 1. The highest BCUT2D eigenvalue weighted by atomic mass is 35.5. The van der Waals surface area contributed by atoms with Gasteiger partial charge >= 0.3 is 0 Å². The molecule has 9 nitrogen and oxygen atoms in total. The number of nitro benzene ring substituents is 1. The zero-order valence-electron chi connectivity index (χ0n) is 15.2. The Kier molecular flexibility index (Phi) is 6.57. The highest BCUT2D eigenvalue weighted by Crippen LogP contribution is 2.24. The fraction of sp³-hybridized carbons (Fsp3) is 0.111. The van der Waals surface area contributed by atoms with Crippen LogP contribution in [0.25, 0.3) is 11.4 Å². The quantitative estimate of drug-likeness (QED) is 0.266. The van der Waals surface area contributed by atoms with E-state index in [-0.39, 0.29) is 17.3 Å². The van der Waals surface area contributed by atoms with Crippen LogP contribution in [0.5, 0.6) is 0 Å². The summed E-state index contributed by atoms with van der Waals surface area (Å²) in [7, 11) is 1.80. The molecule has 0 spiro atoms. The van der Waals surface area contributed by atoms with Gasteiger partial charge in [-0.15, -0.1) is 10.2 Å². The summed E-state index contributed by atoms with van der Waals surface area (Å²) < 4.78 is 1.77. The Balaban J connectivity index is 1.56. The maximum atomic E-state index is 12.0. The minimum absolute atomic E-state index is 0.0476. The third-order valence-electron chi connectivity index (χ3n) is 3.73. The van der Waals surface area contributed by atoms with Gasteiger partial charge in [0.15, 0.2) is 11.0 Å². The molecule has 1 heterocycles. The zero-order chi connectivity index (χ0) is 20.8. The van der Waals surface area contributed by atoms with E-state index in [1.54, 1.807) is 35.9 Å². The van der Waals surface area contributed by atoms with Crippen LogP contribution in [-0.2, 0) is 11.8 Å². The number of benzene rings is 2. The third kappa shape index (κ3) is 5.39. The summed E-state index contributed by atoms with van der Waals surface area (Å²) >= 11 is 7.22. The molecular weight excluding hydrogens is 416 g/mol. The normalized spacial score (nSPS) is 11.0. The van der Waals surface area contributed by atoms with Crippen LogP contribution in [-0.4, -0.2) is 37.6 Å². The molecule has 0 aliphatic heterocycles. The smallest absolute Gasteiger partial charge is 0.270 e. The van der Waals surface area contributed by atoms with Crippen molar-refractivity contribution in [3.8, 4) is 11.4 Å². The first-order valence-corrected chi connectivity index (χ1v) is 9.65. The van der Waals surface area contributed by atoms with Gasteiger partial charge in [-0.05, 0) is 12.1 Å². The van der Waals surface area contributed by atoms with Gasteiger partial charge in [0.2, 0.25) is 0 Å². The number of carbonyl (C=O) groups excluding carboxylic acids is 1. The molecule has 1 aromatic heterocycles. The average molecular weight is 431 g/mol. The first-order valence-electron chi connectivity index (χ1n) is 8.28. The van der Waals surface area contributed by atoms with Crippen molar-refractivity contribution in [3.63, 3.8) is 0 Å². The van der Waals surface area contributed by atoms with Gasteiger partial charge in [0.1, 0.15) is 0 Å². The summed E-state index contributed by atoms with van der Waals surface area (Å²) in [4.78, 5) is 22.3. The van der Waals surface area contributed by atoms with Gasteiger partial charge in [-0.25, -0.2) is 5.43 Å². The highest BCUT2D eigenvalue weighted by molar-refractivity contribution is 7.99. The van der Waals surface area contributed by atoms with Gasteiger partial charge < -0.3 is 4.57 Å². The molecule has 0 saturated carbocycles. The molecule has 3 aromatic rings. The minimum atomic E-state index is -0.495. The summed E-state index contributed by atoms with van der Waals surface area (Å²) in [6, 6.07) is 13.2. The molecule has 0 fully saturated rings. The molecule has 0 saturated heterocycles. The number of carbonyl (C=O) groups is 1. The van der Waals surface area contributed by atoms with Gasteiger partial charge in [-0.1, -0.05) is 47.6 Å². The molecular formula is C18H15ClN6O3S. The van der Waals surface area contributed by atoms with Crippen LogP contribution in [0.3, 0.4) is 0 Å². The van der Waals surface area contributed by atoms with E-state index in [9.17, 15) is 14.9 Å². The molecule has 1 amide bonds. The number of rotatable bonds is 7. The van der Waals surface area contributed by atoms with Crippen LogP contribution in [0.2, 0.25) is 5.02 Å². The second-order valence-electron chi connectivity index (χ2n) is 5.81. The molecule has 0 aliphatic rings. The Labute approximate surface area is 174 Å². The molecule has 0 aliphatic carbocycles. The van der Waals surface area contributed by atoms with E-state index in [0.29, 0.717) is 21.6 Å². The first-order chi connectivity index (χ1) is 13.9. The van der Waals surface area contributed by atoms with Crippen molar-refractivity contribution in [1.29, 1.82) is 0 Å². The van der Waals surface area contributed by atoms with Crippen LogP contribution in [0.15, 0.2) is 58.8 Å². The van der Waals surface area contributed by atoms with Crippen molar-refractivity contribution in [2.75, 3.05) is 5.75 Å². The molecule has 11 heteroatoms. The van der Waals surface area contributed by atoms with Crippen LogP contribution in [0.4, 0.5) is 5.69 Å². The fourth-order valence-corrected chi connectivity index (χ4v) is 3.27. The summed E-state index contributed by atoms with van der Waals surface area (Å²) in [5.41, 5.74) is 3.66. The van der Waals surface area contributed by atoms with Crippen LogP contribution in [0.1, 0.15) is 5.56 Å². The number of nitro groups is 1. The van der Waals surface area contributed by atoms with Crippen molar-refractivity contribution < 1.29 is 9.72 Å². The molecule has 3 rings (SSSR count). The number of hydrogen-bond donors (Lipinski definition) is 1. The number of aromatic nitrogens is 3. The molecule has 2 aromatic carbocycles. The van der Waals surface area contributed by atoms with Crippen molar-refractivity contribution in [2.45, 2.75) is 5.16 Å². The summed E-state index contributed by atoms with van der Waals surface area (Å²) in [5, 5.41) is 24.0. The van der Waals surface area contributed by atoms with Crippen molar-refractivity contribution in [3.05, 3.63) is 69.2 Å². The van der Waals surface area contributed by atoms with Gasteiger partial charge in [-0.3, -0.25) is 14.9 Å². The molecule has 0 radical (unpaired) electrons. The number of non-ortho nitro benzene ring substituents is 1. The Morgan fingerprint density at radius 3 is 2.86 bits per heavy atom. The summed E-state index contributed by atoms with van der Waals surface area (Å²) in [5.74, 6) is 0.372. The van der Waals surface area contributed by atoms with E-state index < -0.39 is 4.92 Å². The van der Waals surface area contributed by atoms with Crippen molar-refractivity contribution in [1.82, 2.24) is 20.2 Å². The maximum Gasteiger partial charge on any atom is 0.270 e. The first kappa shape index (κ1) is 20.5. The molecule has 148 valence electrons. The van der Waals surface area contributed by atoms with Gasteiger partial charge in [0, 0.05) is 35.3 Å². The van der Waals surface area contributed by atoms with Crippen molar-refractivity contribution >= 4 is 41.2 Å². The largest absolute Gasteiger partial charge is 0.305 e. The predicted molar refractivity (Wildman–Crippen MR) is 111 cm³/mol. The molecule has 0 unspecified atom stereocenters. The standard InChI is InChI=1S/C18H15ClN6O3S/c1-24-17(13-5-3-6-14(19)9-13)22-23-18(24)29-11-16(26)21-20-10-12-4-2-7-15(8-12)25(27)28/h2-10H,11H2,1H3,(H,21,26). The second-order valence-corrected chi connectivity index (χ2v) is 7.19. The van der Waals surface area contributed by atoms with Crippen molar-refractivity contribution in [2.24, 2.45) is 12.1 Å². The van der Waals surface area contributed by atoms with Crippen LogP contribution in [0, 0.1) is 10.1 Å². The minimum Gasteiger partial charge on any atom is -0.305 e. The lowest BCUT2D eigenvalue weighted by Crippen LogP contribution is -2.19. The Hall–Kier alpha value is -3.24. The molecule has 1 N–H and O–H groups in total. The number of amides is 1. The molecule has 0 bridgehead atoms. The SMILES string of the molecule is Cn1c(SCC(=O)NN=Cc2cccc([N+](=O)[O-])c2)nnc1-c1cccc(Cl)c1. The molecule has 0 atom stereocenters. The van der Waals surface area contributed by atoms with E-state index in [1.165, 1.54) is 30.1 Å². The topological polar surface area (TPSA) is 115 Å². The van der Waals surface area contributed by atoms with E-state index in [2.05, 4.69) is 20.7 Å². The predicted octanol–water partition coefficient (Wildman–Crippen LogP) is 3.29. The number of nitrogens with zero attached hydrogens (tertiary/aromatic N) is 5. The zero-order valence-corrected chi connectivity index (χ0v) is 16.7. The Bertz CT molecular complexity index is 1080. The van der Waals surface area contributed by atoms with Gasteiger partial charge in [-0.2, -0.15) is 5.10 Å². The van der Waals surface area contributed by atoms with E-state index in [0.717, 1.165) is 5.56 Å². The number of halogens is 1. The van der Waals surface area contributed by atoms with Crippen LogP contribution >= 0.6 is 23.4 Å². The van der Waals surface area contributed by atoms with E-state index >= 15 is 0 Å². The Morgan fingerprint density at radius 1 is 1.31 bits per heavy atom. The summed E-state index contributed by atoms with van der Waals surface area (Å²) in [6.45, 7) is 0. The summed E-state index contributed by atoms with van der Waals surface area (Å²) in [6.07, 6.45) is 1.34. The lowest BCUT2D eigenvalue weighted by Gasteiger charge is -2.04. The fourth-order valence-electron chi connectivity index (χ4n) is 2.38. The number of thioether (sulfide) groups is 1. The average Bonchev–Trinajstić information content (AvgIpc) is 3.07. The highest BCUT2D eigenvalue weighted by Gasteiger charge is 2.13. The maximum absolute atomic E-state index is 12.0. The van der Waals surface area contributed by atoms with E-state index in [1.807, 2.05) is 12.1 Å². The molecule has 29 heavy (non-hydrogen) atoms. The van der Waals surface area contributed by atoms with E-state index in [4.69, 9.17) is 11.6 Å². The van der Waals surface area contributed by atoms with Gasteiger partial charge in [0.25, 0.3) is 11.6 Å². The second kappa shape index (κ2) is 9.30. The monoisotopic (exact) mass is 430 g/mol. The lowest BCUT2D eigenvalue weighted by atomic mass is 10.2. The number of hydrazone groups is 1. The Morgan fingerprint density at radius 2 is 2.10 bits per heavy atom.